The number of carbonyl (C=O) groups excluding carboxylic acids is 3. The molecule has 0 spiro atoms. The molecule has 1 fully saturated rings. The van der Waals surface area contributed by atoms with Gasteiger partial charge in [-0.3, -0.25) is 14.4 Å². The fourth-order valence-corrected chi connectivity index (χ4v) is 3.48. The van der Waals surface area contributed by atoms with Crippen molar-refractivity contribution in [2.24, 2.45) is 0 Å². The van der Waals surface area contributed by atoms with Crippen LogP contribution in [0.4, 0.5) is 15.8 Å². The largest absolute Gasteiger partial charge is 0.426 e. The second-order valence-corrected chi connectivity index (χ2v) is 7.21. The van der Waals surface area contributed by atoms with Gasteiger partial charge in [-0.15, -0.1) is 0 Å². The molecular formula is C20H17ClFN3O4. The van der Waals surface area contributed by atoms with Gasteiger partial charge in [0.15, 0.2) is 0 Å². The van der Waals surface area contributed by atoms with Crippen LogP contribution in [0, 0.1) is 5.82 Å². The fraction of sp³-hybridized carbons (Fsp3) is 0.250. The molecule has 0 unspecified atom stereocenters. The molecule has 2 aliphatic rings. The Balaban J connectivity index is 1.34. The quantitative estimate of drug-likeness (QED) is 0.460. The lowest BCUT2D eigenvalue weighted by Crippen LogP contribution is -2.51. The summed E-state index contributed by atoms with van der Waals surface area (Å²) in [6.45, 7) is 1.60. The third kappa shape index (κ3) is 4.02. The van der Waals surface area contributed by atoms with E-state index < -0.39 is 17.6 Å². The second-order valence-electron chi connectivity index (χ2n) is 6.81. The molecule has 0 aliphatic carbocycles. The molecular weight excluding hydrogens is 401 g/mol. The van der Waals surface area contributed by atoms with Crippen molar-refractivity contribution >= 4 is 40.8 Å². The lowest BCUT2D eigenvalue weighted by molar-refractivity contribution is -0.143. The number of nitrogens with one attached hydrogen (secondary N) is 1. The van der Waals surface area contributed by atoms with Gasteiger partial charge in [-0.2, -0.15) is 0 Å². The summed E-state index contributed by atoms with van der Waals surface area (Å²) >= 11 is 5.71. The lowest BCUT2D eigenvalue weighted by Gasteiger charge is -2.35. The molecule has 0 saturated carbocycles. The Bertz CT molecular complexity index is 1010. The number of halogens is 2. The van der Waals surface area contributed by atoms with E-state index in [9.17, 15) is 18.8 Å². The minimum atomic E-state index is -0.764. The summed E-state index contributed by atoms with van der Waals surface area (Å²) in [6, 6.07) is 9.40. The van der Waals surface area contributed by atoms with Crippen LogP contribution in [0.3, 0.4) is 0 Å². The van der Waals surface area contributed by atoms with Crippen molar-refractivity contribution in [2.45, 2.75) is 6.42 Å². The van der Waals surface area contributed by atoms with Gasteiger partial charge < -0.3 is 19.9 Å². The number of nitrogens with zero attached hydrogens (tertiary/aromatic N) is 2. The Labute approximate surface area is 171 Å². The summed E-state index contributed by atoms with van der Waals surface area (Å²) in [4.78, 5) is 39.5. The van der Waals surface area contributed by atoms with E-state index in [-0.39, 0.29) is 17.4 Å². The van der Waals surface area contributed by atoms with E-state index in [2.05, 4.69) is 5.32 Å². The van der Waals surface area contributed by atoms with Crippen LogP contribution < -0.4 is 15.0 Å². The van der Waals surface area contributed by atoms with Crippen LogP contribution in [-0.4, -0.2) is 48.9 Å². The number of amides is 2. The molecule has 2 aromatic rings. The van der Waals surface area contributed by atoms with Crippen LogP contribution >= 0.6 is 11.6 Å². The normalized spacial score (nSPS) is 15.7. The number of hydrogen-bond donors (Lipinski definition) is 1. The maximum atomic E-state index is 13.7. The first-order valence-electron chi connectivity index (χ1n) is 9.04. The summed E-state index contributed by atoms with van der Waals surface area (Å²) < 4.78 is 18.7. The third-order valence-electron chi connectivity index (χ3n) is 4.91. The van der Waals surface area contributed by atoms with Gasteiger partial charge in [-0.05, 0) is 24.3 Å². The van der Waals surface area contributed by atoms with Crippen molar-refractivity contribution in [3.63, 3.8) is 0 Å². The van der Waals surface area contributed by atoms with Crippen LogP contribution in [0.25, 0.3) is 0 Å². The highest BCUT2D eigenvalue weighted by Crippen LogP contribution is 2.29. The zero-order valence-corrected chi connectivity index (χ0v) is 16.0. The van der Waals surface area contributed by atoms with Gasteiger partial charge in [0.2, 0.25) is 0 Å². The molecule has 7 nitrogen and oxygen atoms in total. The standard InChI is InChI=1S/C20H17ClFN3O4/c21-15-4-3-14(11-16(15)22)24-5-7-25(8-6-24)20(28)19(27)23-13-2-1-12-9-18(26)29-17(12)10-13/h1-4,10-11H,5-9H2,(H,23,27). The molecule has 0 aromatic heterocycles. The number of hydrogen-bond acceptors (Lipinski definition) is 5. The van der Waals surface area contributed by atoms with Gasteiger partial charge in [0, 0.05) is 49.2 Å². The molecule has 4 rings (SSSR count). The molecule has 2 aliphatic heterocycles. The summed E-state index contributed by atoms with van der Waals surface area (Å²) in [5, 5.41) is 2.60. The van der Waals surface area contributed by atoms with E-state index in [1.165, 1.54) is 23.1 Å². The molecule has 2 aromatic carbocycles. The van der Waals surface area contributed by atoms with Crippen molar-refractivity contribution in [3.05, 3.63) is 52.8 Å². The van der Waals surface area contributed by atoms with Crippen molar-refractivity contribution in [1.29, 1.82) is 0 Å². The predicted octanol–water partition coefficient (Wildman–Crippen LogP) is 2.23. The van der Waals surface area contributed by atoms with E-state index in [1.807, 2.05) is 4.90 Å². The first-order chi connectivity index (χ1) is 13.9. The molecule has 29 heavy (non-hydrogen) atoms. The zero-order valence-electron chi connectivity index (χ0n) is 15.3. The van der Waals surface area contributed by atoms with E-state index in [0.29, 0.717) is 43.3 Å². The molecule has 150 valence electrons. The van der Waals surface area contributed by atoms with Gasteiger partial charge in [-0.1, -0.05) is 17.7 Å². The highest BCUT2D eigenvalue weighted by atomic mass is 35.5. The average Bonchev–Trinajstić information content (AvgIpc) is 3.09. The number of benzene rings is 2. The van der Waals surface area contributed by atoms with Crippen LogP contribution in [0.2, 0.25) is 5.02 Å². The molecule has 0 radical (unpaired) electrons. The van der Waals surface area contributed by atoms with Gasteiger partial charge in [0.1, 0.15) is 11.6 Å². The summed E-state index contributed by atoms with van der Waals surface area (Å²) in [5.74, 6) is -1.87. The summed E-state index contributed by atoms with van der Waals surface area (Å²) in [6.07, 6.45) is 0.199. The second kappa shape index (κ2) is 7.71. The van der Waals surface area contributed by atoms with Crippen molar-refractivity contribution in [1.82, 2.24) is 4.90 Å². The Kier molecular flexibility index (Phi) is 5.10. The summed E-state index contributed by atoms with van der Waals surface area (Å²) in [7, 11) is 0. The number of anilines is 2. The average molecular weight is 418 g/mol. The summed E-state index contributed by atoms with van der Waals surface area (Å²) in [5.41, 5.74) is 1.80. The highest BCUT2D eigenvalue weighted by Gasteiger charge is 2.27. The van der Waals surface area contributed by atoms with Gasteiger partial charge in [-0.25, -0.2) is 4.39 Å². The molecule has 2 heterocycles. The van der Waals surface area contributed by atoms with Crippen molar-refractivity contribution in [2.75, 3.05) is 36.4 Å². The molecule has 0 atom stereocenters. The molecule has 9 heteroatoms. The van der Waals surface area contributed by atoms with Crippen molar-refractivity contribution in [3.8, 4) is 5.75 Å². The van der Waals surface area contributed by atoms with E-state index in [4.69, 9.17) is 16.3 Å². The Hall–Kier alpha value is -3.13. The van der Waals surface area contributed by atoms with Crippen LogP contribution in [0.5, 0.6) is 5.75 Å². The van der Waals surface area contributed by atoms with E-state index in [0.717, 1.165) is 5.56 Å². The Morgan fingerprint density at radius 2 is 1.83 bits per heavy atom. The van der Waals surface area contributed by atoms with Crippen LogP contribution in [0.15, 0.2) is 36.4 Å². The van der Waals surface area contributed by atoms with Gasteiger partial charge in [0.05, 0.1) is 11.4 Å². The lowest BCUT2D eigenvalue weighted by atomic mass is 10.1. The first kappa shape index (κ1) is 19.2. The predicted molar refractivity (Wildman–Crippen MR) is 105 cm³/mol. The minimum Gasteiger partial charge on any atom is -0.426 e. The van der Waals surface area contributed by atoms with Crippen LogP contribution in [0.1, 0.15) is 5.56 Å². The number of esters is 1. The first-order valence-corrected chi connectivity index (χ1v) is 9.42. The highest BCUT2D eigenvalue weighted by molar-refractivity contribution is 6.39. The van der Waals surface area contributed by atoms with Gasteiger partial charge >= 0.3 is 17.8 Å². The maximum absolute atomic E-state index is 13.7. The molecule has 1 N–H and O–H groups in total. The zero-order chi connectivity index (χ0) is 20.5. The number of rotatable bonds is 2. The third-order valence-corrected chi connectivity index (χ3v) is 5.22. The SMILES string of the molecule is O=C1Cc2ccc(NC(=O)C(=O)N3CCN(c4ccc(Cl)c(F)c4)CC3)cc2O1. The maximum Gasteiger partial charge on any atom is 0.315 e. The fourth-order valence-electron chi connectivity index (χ4n) is 3.37. The number of ether oxygens (including phenoxy) is 1. The Morgan fingerprint density at radius 1 is 1.07 bits per heavy atom. The Morgan fingerprint density at radius 3 is 2.55 bits per heavy atom. The van der Waals surface area contributed by atoms with Crippen LogP contribution in [-0.2, 0) is 20.8 Å². The van der Waals surface area contributed by atoms with Gasteiger partial charge in [0.25, 0.3) is 0 Å². The minimum absolute atomic E-state index is 0.0561. The number of fused-ring (bicyclic) bond motifs is 1. The number of carbonyl (C=O) groups is 3. The van der Waals surface area contributed by atoms with Crippen molar-refractivity contribution < 1.29 is 23.5 Å². The number of piperazine rings is 1. The monoisotopic (exact) mass is 417 g/mol. The van der Waals surface area contributed by atoms with E-state index in [1.54, 1.807) is 18.2 Å². The van der Waals surface area contributed by atoms with E-state index >= 15 is 0 Å². The molecule has 0 bridgehead atoms. The molecule has 1 saturated heterocycles. The topological polar surface area (TPSA) is 79.0 Å². The molecule has 2 amide bonds. The smallest absolute Gasteiger partial charge is 0.315 e.